The van der Waals surface area contributed by atoms with Gasteiger partial charge in [-0.25, -0.2) is 4.98 Å². The molecule has 0 fully saturated rings. The molecular formula is C11H15ClN4O. The maximum Gasteiger partial charge on any atom is 0.280 e. The summed E-state index contributed by atoms with van der Waals surface area (Å²) in [6, 6.07) is 0. The third-order valence-electron chi connectivity index (χ3n) is 2.58. The summed E-state index contributed by atoms with van der Waals surface area (Å²) < 4.78 is 1.81. The minimum Gasteiger partial charge on any atom is -0.295 e. The molecule has 0 aliphatic heterocycles. The zero-order valence-electron chi connectivity index (χ0n) is 10.3. The normalized spacial score (nSPS) is 12.3. The van der Waals surface area contributed by atoms with Crippen LogP contribution in [-0.2, 0) is 12.0 Å². The Morgan fingerprint density at radius 1 is 1.35 bits per heavy atom. The third kappa shape index (κ3) is 1.95. The lowest BCUT2D eigenvalue weighted by atomic mass is 9.91. The van der Waals surface area contributed by atoms with Crippen molar-refractivity contribution in [2.75, 3.05) is 0 Å². The van der Waals surface area contributed by atoms with Gasteiger partial charge in [-0.3, -0.25) is 14.5 Å². The summed E-state index contributed by atoms with van der Waals surface area (Å²) in [4.78, 5) is 18.4. The molecule has 0 spiro atoms. The molecule has 1 N–H and O–H groups in total. The van der Waals surface area contributed by atoms with Crippen molar-refractivity contribution in [1.82, 2.24) is 19.7 Å². The molecule has 0 radical (unpaired) electrons. The highest BCUT2D eigenvalue weighted by Crippen LogP contribution is 2.27. The van der Waals surface area contributed by atoms with E-state index in [2.05, 4.69) is 35.8 Å². The fourth-order valence-corrected chi connectivity index (χ4v) is 2.13. The molecule has 2 heterocycles. The molecule has 2 aromatic rings. The van der Waals surface area contributed by atoms with Gasteiger partial charge >= 0.3 is 0 Å². The number of nitrogens with one attached hydrogen (secondary N) is 1. The van der Waals surface area contributed by atoms with Crippen molar-refractivity contribution in [2.45, 2.75) is 39.7 Å². The quantitative estimate of drug-likeness (QED) is 0.793. The number of hydrogen-bond acceptors (Lipinski definition) is 3. The van der Waals surface area contributed by atoms with Crippen LogP contribution in [0, 0.1) is 0 Å². The standard InChI is InChI=1S/C11H15ClN4O/c1-5-16-8(11(2,3)4)6-7(15-16)9(17)14-10(12)13-6/h5H2,1-4H3,(H,13,14,17). The monoisotopic (exact) mass is 254 g/mol. The maximum atomic E-state index is 11.8. The van der Waals surface area contributed by atoms with E-state index in [1.54, 1.807) is 0 Å². The number of rotatable bonds is 1. The van der Waals surface area contributed by atoms with Crippen LogP contribution in [-0.4, -0.2) is 19.7 Å². The van der Waals surface area contributed by atoms with E-state index in [0.29, 0.717) is 17.6 Å². The predicted octanol–water partition coefficient (Wildman–Crippen LogP) is 2.09. The van der Waals surface area contributed by atoms with Crippen LogP contribution in [0.1, 0.15) is 33.4 Å². The average molecular weight is 255 g/mol. The molecule has 0 saturated carbocycles. The van der Waals surface area contributed by atoms with Crippen molar-refractivity contribution in [3.63, 3.8) is 0 Å². The van der Waals surface area contributed by atoms with Crippen LogP contribution in [0.15, 0.2) is 4.79 Å². The Kier molecular flexibility index (Phi) is 2.73. The first-order chi connectivity index (χ1) is 7.84. The molecule has 92 valence electrons. The lowest BCUT2D eigenvalue weighted by molar-refractivity contribution is 0.502. The largest absolute Gasteiger partial charge is 0.295 e. The van der Waals surface area contributed by atoms with Gasteiger partial charge in [-0.1, -0.05) is 20.8 Å². The van der Waals surface area contributed by atoms with Crippen molar-refractivity contribution in [3.05, 3.63) is 21.3 Å². The summed E-state index contributed by atoms with van der Waals surface area (Å²) in [5, 5.41) is 4.39. The van der Waals surface area contributed by atoms with Gasteiger partial charge in [-0.15, -0.1) is 0 Å². The summed E-state index contributed by atoms with van der Waals surface area (Å²) >= 11 is 5.79. The highest BCUT2D eigenvalue weighted by molar-refractivity contribution is 6.28. The van der Waals surface area contributed by atoms with E-state index in [1.807, 2.05) is 11.6 Å². The zero-order chi connectivity index (χ0) is 12.8. The van der Waals surface area contributed by atoms with Crippen LogP contribution in [0.3, 0.4) is 0 Å². The molecule has 0 aromatic carbocycles. The Morgan fingerprint density at radius 3 is 2.53 bits per heavy atom. The lowest BCUT2D eigenvalue weighted by Crippen LogP contribution is -2.18. The van der Waals surface area contributed by atoms with Crippen LogP contribution >= 0.6 is 11.6 Å². The first-order valence-electron chi connectivity index (χ1n) is 5.51. The van der Waals surface area contributed by atoms with Crippen molar-refractivity contribution in [1.29, 1.82) is 0 Å². The number of nitrogens with zero attached hydrogens (tertiary/aromatic N) is 3. The first kappa shape index (κ1) is 12.1. The molecule has 0 saturated heterocycles. The minimum atomic E-state index is -0.294. The van der Waals surface area contributed by atoms with Gasteiger partial charge in [-0.05, 0) is 18.5 Å². The van der Waals surface area contributed by atoms with E-state index >= 15 is 0 Å². The molecule has 0 aliphatic rings. The second-order valence-electron chi connectivity index (χ2n) is 4.97. The molecule has 6 heteroatoms. The minimum absolute atomic E-state index is 0.101. The highest BCUT2D eigenvalue weighted by atomic mass is 35.5. The van der Waals surface area contributed by atoms with Gasteiger partial charge in [-0.2, -0.15) is 5.10 Å². The lowest BCUT2D eigenvalue weighted by Gasteiger charge is -2.19. The van der Waals surface area contributed by atoms with Crippen molar-refractivity contribution in [2.24, 2.45) is 0 Å². The zero-order valence-corrected chi connectivity index (χ0v) is 11.1. The molecule has 0 bridgehead atoms. The van der Waals surface area contributed by atoms with Gasteiger partial charge in [0.25, 0.3) is 5.56 Å². The summed E-state index contributed by atoms with van der Waals surface area (Å²) in [6.45, 7) is 8.86. The smallest absolute Gasteiger partial charge is 0.280 e. The van der Waals surface area contributed by atoms with Crippen LogP contribution < -0.4 is 5.56 Å². The van der Waals surface area contributed by atoms with Crippen molar-refractivity contribution >= 4 is 22.6 Å². The Hall–Kier alpha value is -1.36. The number of aromatic nitrogens is 4. The van der Waals surface area contributed by atoms with Crippen molar-refractivity contribution in [3.8, 4) is 0 Å². The number of halogens is 1. The maximum absolute atomic E-state index is 11.8. The molecule has 0 amide bonds. The summed E-state index contributed by atoms with van der Waals surface area (Å²) in [6.07, 6.45) is 0. The Balaban J connectivity index is 2.93. The van der Waals surface area contributed by atoms with E-state index in [0.717, 1.165) is 5.69 Å². The van der Waals surface area contributed by atoms with E-state index in [9.17, 15) is 4.79 Å². The van der Waals surface area contributed by atoms with E-state index in [4.69, 9.17) is 11.6 Å². The van der Waals surface area contributed by atoms with Gasteiger partial charge in [0.2, 0.25) is 5.28 Å². The predicted molar refractivity (Wildman–Crippen MR) is 67.5 cm³/mol. The van der Waals surface area contributed by atoms with Crippen LogP contribution in [0.5, 0.6) is 0 Å². The van der Waals surface area contributed by atoms with Crippen LogP contribution in [0.25, 0.3) is 11.0 Å². The van der Waals surface area contributed by atoms with Crippen LogP contribution in [0.2, 0.25) is 5.28 Å². The number of aryl methyl sites for hydroxylation is 1. The van der Waals surface area contributed by atoms with Crippen LogP contribution in [0.4, 0.5) is 0 Å². The summed E-state index contributed by atoms with van der Waals surface area (Å²) in [5.74, 6) is 0. The molecule has 2 rings (SSSR count). The number of hydrogen-bond donors (Lipinski definition) is 1. The van der Waals surface area contributed by atoms with E-state index in [1.165, 1.54) is 0 Å². The summed E-state index contributed by atoms with van der Waals surface area (Å²) in [7, 11) is 0. The average Bonchev–Trinajstić information content (AvgIpc) is 2.55. The third-order valence-corrected chi connectivity index (χ3v) is 2.76. The molecule has 0 atom stereocenters. The fraction of sp³-hybridized carbons (Fsp3) is 0.545. The molecule has 0 unspecified atom stereocenters. The number of fused-ring (bicyclic) bond motifs is 1. The van der Waals surface area contributed by atoms with Gasteiger partial charge in [0.15, 0.2) is 5.52 Å². The Bertz CT molecular complexity index is 621. The second kappa shape index (κ2) is 3.84. The second-order valence-corrected chi connectivity index (χ2v) is 5.33. The Labute approximate surface area is 104 Å². The Morgan fingerprint density at radius 2 is 2.00 bits per heavy atom. The number of aromatic amines is 1. The van der Waals surface area contributed by atoms with Gasteiger partial charge in [0.1, 0.15) is 5.52 Å². The fourth-order valence-electron chi connectivity index (χ4n) is 1.96. The highest BCUT2D eigenvalue weighted by Gasteiger charge is 2.25. The topological polar surface area (TPSA) is 63.6 Å². The van der Waals surface area contributed by atoms with Crippen molar-refractivity contribution < 1.29 is 0 Å². The molecule has 0 aliphatic carbocycles. The summed E-state index contributed by atoms with van der Waals surface area (Å²) in [5.41, 5.74) is 1.43. The SMILES string of the molecule is CCn1nc2c(=O)[nH]c(Cl)nc2c1C(C)(C)C. The molecule has 5 nitrogen and oxygen atoms in total. The van der Waals surface area contributed by atoms with Gasteiger partial charge in [0, 0.05) is 12.0 Å². The molecule has 2 aromatic heterocycles. The molecule has 17 heavy (non-hydrogen) atoms. The van der Waals surface area contributed by atoms with Gasteiger partial charge in [0.05, 0.1) is 5.69 Å². The molecular weight excluding hydrogens is 240 g/mol. The first-order valence-corrected chi connectivity index (χ1v) is 5.89. The van der Waals surface area contributed by atoms with Gasteiger partial charge < -0.3 is 0 Å². The van der Waals surface area contributed by atoms with E-state index < -0.39 is 0 Å². The number of H-pyrrole nitrogens is 1. The van der Waals surface area contributed by atoms with E-state index in [-0.39, 0.29) is 16.3 Å².